The minimum absolute atomic E-state index is 0.118. The topological polar surface area (TPSA) is 26.3 Å². The lowest BCUT2D eigenvalue weighted by Crippen LogP contribution is -2.01. The molecule has 2 heterocycles. The Bertz CT molecular complexity index is 584. The van der Waals surface area contributed by atoms with E-state index in [9.17, 15) is 4.79 Å². The van der Waals surface area contributed by atoms with Crippen LogP contribution in [0.5, 0.6) is 0 Å². The molecule has 3 heteroatoms. The van der Waals surface area contributed by atoms with Gasteiger partial charge in [0.25, 0.3) is 0 Å². The first-order valence-corrected chi connectivity index (χ1v) is 6.42. The van der Waals surface area contributed by atoms with Crippen LogP contribution in [0.15, 0.2) is 29.6 Å². The van der Waals surface area contributed by atoms with E-state index in [1.807, 2.05) is 36.6 Å². The van der Waals surface area contributed by atoms with Crippen LogP contribution in [0.4, 0.5) is 0 Å². The zero-order valence-electron chi connectivity index (χ0n) is 9.53. The predicted molar refractivity (Wildman–Crippen MR) is 67.4 cm³/mol. The van der Waals surface area contributed by atoms with Crippen LogP contribution in [0.1, 0.15) is 31.9 Å². The van der Waals surface area contributed by atoms with Gasteiger partial charge in [-0.25, -0.2) is 0 Å². The van der Waals surface area contributed by atoms with Gasteiger partial charge in [-0.2, -0.15) is 0 Å². The molecule has 1 aromatic heterocycles. The van der Waals surface area contributed by atoms with E-state index in [0.717, 1.165) is 21.6 Å². The molecule has 0 atom stereocenters. The normalized spacial score (nSPS) is 13.7. The lowest BCUT2D eigenvalue weighted by Gasteiger charge is -2.02. The third-order valence-corrected chi connectivity index (χ3v) is 4.07. The Morgan fingerprint density at radius 2 is 2.06 bits per heavy atom. The summed E-state index contributed by atoms with van der Waals surface area (Å²) in [7, 11) is 0. The van der Waals surface area contributed by atoms with E-state index in [0.29, 0.717) is 13.2 Å². The molecule has 0 radical (unpaired) electrons. The molecule has 0 fully saturated rings. The van der Waals surface area contributed by atoms with Gasteiger partial charge in [-0.3, -0.25) is 4.79 Å². The third kappa shape index (κ3) is 1.81. The number of ketones is 1. The number of hydrogen-bond acceptors (Lipinski definition) is 3. The molecule has 0 unspecified atom stereocenters. The highest BCUT2D eigenvalue weighted by Gasteiger charge is 2.17. The molecule has 86 valence electrons. The first-order chi connectivity index (χ1) is 8.25. The van der Waals surface area contributed by atoms with Crippen LogP contribution in [0.3, 0.4) is 0 Å². The number of fused-ring (bicyclic) bond motifs is 1. The molecule has 0 bridgehead atoms. The fraction of sp³-hybridized carbons (Fsp3) is 0.214. The highest BCUT2D eigenvalue weighted by atomic mass is 32.1. The first-order valence-electron chi connectivity index (χ1n) is 5.54. The minimum atomic E-state index is 0.118. The van der Waals surface area contributed by atoms with E-state index in [1.165, 1.54) is 16.9 Å². The van der Waals surface area contributed by atoms with E-state index in [4.69, 9.17) is 4.74 Å². The second-order valence-corrected chi connectivity index (χ2v) is 5.15. The number of aryl methyl sites for hydroxylation is 1. The minimum Gasteiger partial charge on any atom is -0.372 e. The number of hydrogen-bond donors (Lipinski definition) is 0. The molecule has 2 nitrogen and oxygen atoms in total. The van der Waals surface area contributed by atoms with Crippen molar-refractivity contribution in [1.29, 1.82) is 0 Å². The van der Waals surface area contributed by atoms with Gasteiger partial charge in [0.2, 0.25) is 5.78 Å². The van der Waals surface area contributed by atoms with Gasteiger partial charge >= 0.3 is 0 Å². The molecule has 3 rings (SSSR count). The number of ether oxygens (including phenoxy) is 1. The van der Waals surface area contributed by atoms with Crippen LogP contribution >= 0.6 is 11.3 Å². The van der Waals surface area contributed by atoms with Gasteiger partial charge in [0.15, 0.2) is 0 Å². The Labute approximate surface area is 104 Å². The summed E-state index contributed by atoms with van der Waals surface area (Å²) in [6.45, 7) is 3.27. The van der Waals surface area contributed by atoms with Crippen molar-refractivity contribution in [2.45, 2.75) is 20.1 Å². The van der Waals surface area contributed by atoms with E-state index in [1.54, 1.807) is 0 Å². The lowest BCUT2D eigenvalue weighted by atomic mass is 10.0. The SMILES string of the molecule is Cc1ccsc1C(=O)c1ccc2c(c1)COC2. The smallest absolute Gasteiger partial charge is 0.203 e. The average molecular weight is 244 g/mol. The van der Waals surface area contributed by atoms with Crippen molar-refractivity contribution in [3.05, 3.63) is 56.8 Å². The molecule has 17 heavy (non-hydrogen) atoms. The zero-order valence-corrected chi connectivity index (χ0v) is 10.3. The van der Waals surface area contributed by atoms with Crippen molar-refractivity contribution in [1.82, 2.24) is 0 Å². The van der Waals surface area contributed by atoms with Crippen molar-refractivity contribution < 1.29 is 9.53 Å². The maximum atomic E-state index is 12.3. The zero-order chi connectivity index (χ0) is 11.8. The fourth-order valence-corrected chi connectivity index (χ4v) is 2.94. The van der Waals surface area contributed by atoms with Crippen LogP contribution in [0.2, 0.25) is 0 Å². The van der Waals surface area contributed by atoms with Crippen molar-refractivity contribution in [3.63, 3.8) is 0 Å². The quantitative estimate of drug-likeness (QED) is 0.757. The van der Waals surface area contributed by atoms with Gasteiger partial charge in [0.05, 0.1) is 18.1 Å². The van der Waals surface area contributed by atoms with Crippen LogP contribution in [-0.2, 0) is 18.0 Å². The third-order valence-electron chi connectivity index (χ3n) is 3.05. The highest BCUT2D eigenvalue weighted by molar-refractivity contribution is 7.12. The number of carbonyl (C=O) groups excluding carboxylic acids is 1. The summed E-state index contributed by atoms with van der Waals surface area (Å²) in [6, 6.07) is 7.84. The summed E-state index contributed by atoms with van der Waals surface area (Å²) >= 11 is 1.50. The van der Waals surface area contributed by atoms with Crippen LogP contribution < -0.4 is 0 Å². The van der Waals surface area contributed by atoms with Crippen molar-refractivity contribution in [2.24, 2.45) is 0 Å². The van der Waals surface area contributed by atoms with E-state index in [2.05, 4.69) is 0 Å². The summed E-state index contributed by atoms with van der Waals surface area (Å²) < 4.78 is 5.36. The highest BCUT2D eigenvalue weighted by Crippen LogP contribution is 2.24. The first kappa shape index (κ1) is 10.7. The van der Waals surface area contributed by atoms with E-state index >= 15 is 0 Å². The Hall–Kier alpha value is -1.45. The molecule has 1 aliphatic heterocycles. The summed E-state index contributed by atoms with van der Waals surface area (Å²) in [5.74, 6) is 0.118. The molecule has 0 N–H and O–H groups in total. The van der Waals surface area contributed by atoms with E-state index < -0.39 is 0 Å². The fourth-order valence-electron chi connectivity index (χ4n) is 2.05. The van der Waals surface area contributed by atoms with Crippen LogP contribution in [0, 0.1) is 6.92 Å². The van der Waals surface area contributed by atoms with Crippen molar-refractivity contribution in [2.75, 3.05) is 0 Å². The second-order valence-electron chi connectivity index (χ2n) is 4.24. The monoisotopic (exact) mass is 244 g/mol. The maximum Gasteiger partial charge on any atom is 0.203 e. The number of benzene rings is 1. The van der Waals surface area contributed by atoms with Gasteiger partial charge in [-0.1, -0.05) is 12.1 Å². The van der Waals surface area contributed by atoms with Gasteiger partial charge in [-0.15, -0.1) is 11.3 Å². The summed E-state index contributed by atoms with van der Waals surface area (Å²) in [4.78, 5) is 13.1. The molecule has 2 aromatic rings. The molecule has 0 spiro atoms. The number of rotatable bonds is 2. The molecule has 0 amide bonds. The predicted octanol–water partition coefficient (Wildman–Crippen LogP) is 3.32. The molecule has 1 aromatic carbocycles. The molecule has 1 aliphatic rings. The molecule has 0 saturated carbocycles. The van der Waals surface area contributed by atoms with Gasteiger partial charge < -0.3 is 4.74 Å². The van der Waals surface area contributed by atoms with Crippen LogP contribution in [0.25, 0.3) is 0 Å². The molecular weight excluding hydrogens is 232 g/mol. The van der Waals surface area contributed by atoms with Gasteiger partial charge in [0.1, 0.15) is 0 Å². The van der Waals surface area contributed by atoms with Crippen LogP contribution in [-0.4, -0.2) is 5.78 Å². The number of thiophene rings is 1. The standard InChI is InChI=1S/C14H12O2S/c1-9-4-5-17-14(9)13(15)10-2-3-11-7-16-8-12(11)6-10/h2-6H,7-8H2,1H3. The Morgan fingerprint density at radius 3 is 2.82 bits per heavy atom. The largest absolute Gasteiger partial charge is 0.372 e. The summed E-state index contributed by atoms with van der Waals surface area (Å²) in [5, 5.41) is 1.96. The lowest BCUT2D eigenvalue weighted by molar-refractivity contribution is 0.104. The Balaban J connectivity index is 2.00. The average Bonchev–Trinajstić information content (AvgIpc) is 2.95. The van der Waals surface area contributed by atoms with E-state index in [-0.39, 0.29) is 5.78 Å². The Kier molecular flexibility index (Phi) is 2.57. The molecular formula is C14H12O2S. The number of carbonyl (C=O) groups is 1. The maximum absolute atomic E-state index is 12.3. The molecule has 0 aliphatic carbocycles. The molecule has 0 saturated heterocycles. The Morgan fingerprint density at radius 1 is 1.24 bits per heavy atom. The van der Waals surface area contributed by atoms with Crippen molar-refractivity contribution >= 4 is 17.1 Å². The van der Waals surface area contributed by atoms with Gasteiger partial charge in [-0.05, 0) is 41.1 Å². The second kappa shape index (κ2) is 4.09. The summed E-state index contributed by atoms with van der Waals surface area (Å²) in [5.41, 5.74) is 4.16. The van der Waals surface area contributed by atoms with Gasteiger partial charge in [0, 0.05) is 5.56 Å². The summed E-state index contributed by atoms with van der Waals surface area (Å²) in [6.07, 6.45) is 0. The van der Waals surface area contributed by atoms with Crippen molar-refractivity contribution in [3.8, 4) is 0 Å².